The molecule has 172 valence electrons. The predicted octanol–water partition coefficient (Wildman–Crippen LogP) is 3.56. The van der Waals surface area contributed by atoms with Gasteiger partial charge in [-0.15, -0.1) is 0 Å². The molecule has 2 aromatic carbocycles. The summed E-state index contributed by atoms with van der Waals surface area (Å²) in [5, 5.41) is 3.05. The van der Waals surface area contributed by atoms with Gasteiger partial charge in [-0.05, 0) is 66.6 Å². The van der Waals surface area contributed by atoms with Gasteiger partial charge in [0.05, 0.1) is 20.8 Å². The molecule has 32 heavy (non-hydrogen) atoms. The van der Waals surface area contributed by atoms with Gasteiger partial charge in [0.25, 0.3) is 5.91 Å². The number of methoxy groups -OCH3 is 3. The van der Waals surface area contributed by atoms with Gasteiger partial charge >= 0.3 is 0 Å². The Balaban J connectivity index is 1.48. The number of hydrogen-bond donors (Lipinski definition) is 1. The second-order valence-corrected chi connectivity index (χ2v) is 9.13. The fourth-order valence-electron chi connectivity index (χ4n) is 5.26. The predicted molar refractivity (Wildman–Crippen MR) is 125 cm³/mol. The van der Waals surface area contributed by atoms with Crippen molar-refractivity contribution in [2.45, 2.75) is 44.2 Å². The number of nitrogens with one attached hydrogen (secondary N) is 1. The standard InChI is InChI=1S/C26H34N2O4/c1-26-9-10-28(11-12-30-2)21(16-26)13-18-5-6-19(14-23(18)26)25(29)27-17-20-7-8-22(31-3)15-24(20)32-4/h5-8,14-15,21H,9-13,16-17H2,1-4H3,(H,27,29)/t21-,26+/m1/s1. The monoisotopic (exact) mass is 438 g/mol. The van der Waals surface area contributed by atoms with Crippen LogP contribution in [0.2, 0.25) is 0 Å². The van der Waals surface area contributed by atoms with Gasteiger partial charge in [-0.3, -0.25) is 9.69 Å². The molecular formula is C26H34N2O4. The van der Waals surface area contributed by atoms with Crippen LogP contribution in [0.1, 0.15) is 46.8 Å². The Labute approximate surface area is 190 Å². The molecular weight excluding hydrogens is 404 g/mol. The molecule has 0 aromatic heterocycles. The van der Waals surface area contributed by atoms with Crippen molar-refractivity contribution in [3.05, 3.63) is 58.7 Å². The van der Waals surface area contributed by atoms with Crippen molar-refractivity contribution in [3.8, 4) is 11.5 Å². The highest BCUT2D eigenvalue weighted by molar-refractivity contribution is 5.94. The number of rotatable bonds is 8. The number of nitrogens with zero attached hydrogens (tertiary/aromatic N) is 1. The summed E-state index contributed by atoms with van der Waals surface area (Å²) in [6, 6.07) is 12.4. The molecule has 1 heterocycles. The van der Waals surface area contributed by atoms with Crippen LogP contribution in [0, 0.1) is 0 Å². The number of likely N-dealkylation sites (tertiary alicyclic amines) is 1. The zero-order valence-electron chi connectivity index (χ0n) is 19.6. The van der Waals surface area contributed by atoms with Gasteiger partial charge < -0.3 is 19.5 Å². The highest BCUT2D eigenvalue weighted by Crippen LogP contribution is 2.44. The smallest absolute Gasteiger partial charge is 0.251 e. The summed E-state index contributed by atoms with van der Waals surface area (Å²) in [6.45, 7) is 5.60. The molecule has 0 unspecified atom stereocenters. The number of ether oxygens (including phenoxy) is 3. The Morgan fingerprint density at radius 3 is 2.75 bits per heavy atom. The van der Waals surface area contributed by atoms with E-state index in [1.54, 1.807) is 21.3 Å². The minimum Gasteiger partial charge on any atom is -0.497 e. The molecule has 0 radical (unpaired) electrons. The summed E-state index contributed by atoms with van der Waals surface area (Å²) in [6.07, 6.45) is 3.28. The summed E-state index contributed by atoms with van der Waals surface area (Å²) in [5.41, 5.74) is 4.47. The van der Waals surface area contributed by atoms with Crippen molar-refractivity contribution in [1.82, 2.24) is 10.2 Å². The lowest BCUT2D eigenvalue weighted by Crippen LogP contribution is -2.52. The van der Waals surface area contributed by atoms with E-state index in [1.807, 2.05) is 24.3 Å². The average Bonchev–Trinajstić information content (AvgIpc) is 2.81. The van der Waals surface area contributed by atoms with E-state index in [1.165, 1.54) is 11.1 Å². The molecule has 2 atom stereocenters. The zero-order valence-corrected chi connectivity index (χ0v) is 19.6. The van der Waals surface area contributed by atoms with E-state index in [-0.39, 0.29) is 11.3 Å². The van der Waals surface area contributed by atoms with Crippen molar-refractivity contribution in [2.75, 3.05) is 41.0 Å². The van der Waals surface area contributed by atoms with E-state index in [0.29, 0.717) is 18.3 Å². The molecule has 1 saturated heterocycles. The molecule has 0 spiro atoms. The molecule has 6 nitrogen and oxygen atoms in total. The van der Waals surface area contributed by atoms with Crippen molar-refractivity contribution < 1.29 is 19.0 Å². The Hall–Kier alpha value is -2.57. The lowest BCUT2D eigenvalue weighted by atomic mass is 9.65. The highest BCUT2D eigenvalue weighted by Gasteiger charge is 2.42. The van der Waals surface area contributed by atoms with Gasteiger partial charge in [-0.1, -0.05) is 13.0 Å². The van der Waals surface area contributed by atoms with Crippen LogP contribution >= 0.6 is 0 Å². The molecule has 2 aliphatic rings. The molecule has 2 bridgehead atoms. The van der Waals surface area contributed by atoms with Crippen LogP contribution < -0.4 is 14.8 Å². The molecule has 0 saturated carbocycles. The van der Waals surface area contributed by atoms with E-state index in [9.17, 15) is 4.79 Å². The fourth-order valence-corrected chi connectivity index (χ4v) is 5.26. The van der Waals surface area contributed by atoms with E-state index in [2.05, 4.69) is 29.3 Å². The summed E-state index contributed by atoms with van der Waals surface area (Å²) < 4.78 is 16.0. The van der Waals surface area contributed by atoms with Gasteiger partial charge in [0.15, 0.2) is 0 Å². The lowest BCUT2D eigenvalue weighted by Gasteiger charge is -2.50. The van der Waals surface area contributed by atoms with E-state index in [4.69, 9.17) is 14.2 Å². The minimum atomic E-state index is -0.0612. The highest BCUT2D eigenvalue weighted by atomic mass is 16.5. The first kappa shape index (κ1) is 22.6. The zero-order chi connectivity index (χ0) is 22.7. The van der Waals surface area contributed by atoms with Crippen LogP contribution in [0.15, 0.2) is 36.4 Å². The first-order chi connectivity index (χ1) is 15.5. The third kappa shape index (κ3) is 4.48. The van der Waals surface area contributed by atoms with Crippen LogP contribution in [0.3, 0.4) is 0 Å². The summed E-state index contributed by atoms with van der Waals surface area (Å²) in [5.74, 6) is 1.37. The van der Waals surface area contributed by atoms with Crippen molar-refractivity contribution in [1.29, 1.82) is 0 Å². The van der Waals surface area contributed by atoms with Gasteiger partial charge in [0.2, 0.25) is 0 Å². The minimum absolute atomic E-state index is 0.0612. The molecule has 6 heteroatoms. The van der Waals surface area contributed by atoms with Crippen LogP contribution in [0.25, 0.3) is 0 Å². The first-order valence-electron chi connectivity index (χ1n) is 11.3. The molecule has 1 amide bonds. The lowest BCUT2D eigenvalue weighted by molar-refractivity contribution is 0.0595. The topological polar surface area (TPSA) is 60.0 Å². The SMILES string of the molecule is COCCN1CC[C@@]2(C)C[C@H]1Cc1ccc(C(=O)NCc3ccc(OC)cc3OC)cc12. The van der Waals surface area contributed by atoms with Crippen molar-refractivity contribution in [2.24, 2.45) is 0 Å². The number of hydrogen-bond acceptors (Lipinski definition) is 5. The number of piperidine rings is 1. The maximum absolute atomic E-state index is 13.0. The Kier molecular flexibility index (Phi) is 6.72. The molecule has 1 N–H and O–H groups in total. The summed E-state index contributed by atoms with van der Waals surface area (Å²) >= 11 is 0. The maximum atomic E-state index is 13.0. The average molecular weight is 439 g/mol. The number of amides is 1. The Bertz CT molecular complexity index is 976. The molecule has 1 aliphatic carbocycles. The van der Waals surface area contributed by atoms with Crippen molar-refractivity contribution >= 4 is 5.91 Å². The molecule has 2 aromatic rings. The van der Waals surface area contributed by atoms with Gasteiger partial charge in [0.1, 0.15) is 11.5 Å². The Morgan fingerprint density at radius 1 is 1.16 bits per heavy atom. The van der Waals surface area contributed by atoms with Gasteiger partial charge in [-0.2, -0.15) is 0 Å². The number of carbonyl (C=O) groups excluding carboxylic acids is 1. The summed E-state index contributed by atoms with van der Waals surface area (Å²) in [4.78, 5) is 15.5. The second kappa shape index (κ2) is 9.51. The number of benzene rings is 2. The third-order valence-corrected chi connectivity index (χ3v) is 7.15. The third-order valence-electron chi connectivity index (χ3n) is 7.15. The fraction of sp³-hybridized carbons (Fsp3) is 0.500. The first-order valence-corrected chi connectivity index (χ1v) is 11.3. The Morgan fingerprint density at radius 2 is 2.00 bits per heavy atom. The summed E-state index contributed by atoms with van der Waals surface area (Å²) in [7, 11) is 5.01. The molecule has 4 rings (SSSR count). The largest absolute Gasteiger partial charge is 0.497 e. The van der Waals surface area contributed by atoms with E-state index in [0.717, 1.165) is 55.8 Å². The molecule has 1 aliphatic heterocycles. The van der Waals surface area contributed by atoms with E-state index < -0.39 is 0 Å². The van der Waals surface area contributed by atoms with E-state index >= 15 is 0 Å². The number of carbonyl (C=O) groups is 1. The van der Waals surface area contributed by atoms with Crippen LogP contribution in [-0.2, 0) is 23.1 Å². The van der Waals surface area contributed by atoms with Crippen molar-refractivity contribution in [3.63, 3.8) is 0 Å². The van der Waals surface area contributed by atoms with Crippen LogP contribution in [0.5, 0.6) is 11.5 Å². The van der Waals surface area contributed by atoms with Crippen LogP contribution in [-0.4, -0.2) is 57.9 Å². The van der Waals surface area contributed by atoms with Gasteiger partial charge in [-0.25, -0.2) is 0 Å². The second-order valence-electron chi connectivity index (χ2n) is 9.13. The van der Waals surface area contributed by atoms with Gasteiger partial charge in [0, 0.05) is 43.4 Å². The normalized spacial score (nSPS) is 22.2. The maximum Gasteiger partial charge on any atom is 0.251 e. The quantitative estimate of drug-likeness (QED) is 0.683. The van der Waals surface area contributed by atoms with Crippen LogP contribution in [0.4, 0.5) is 0 Å². The molecule has 1 fully saturated rings. The number of fused-ring (bicyclic) bond motifs is 4.